The van der Waals surface area contributed by atoms with Gasteiger partial charge in [0.1, 0.15) is 5.75 Å². The predicted octanol–water partition coefficient (Wildman–Crippen LogP) is 5.01. The number of rotatable bonds is 7. The highest BCUT2D eigenvalue weighted by atomic mass is 32.2. The van der Waals surface area contributed by atoms with Gasteiger partial charge in [-0.3, -0.25) is 9.36 Å². The molecule has 1 amide bonds. The van der Waals surface area contributed by atoms with Gasteiger partial charge in [0.15, 0.2) is 11.0 Å². The van der Waals surface area contributed by atoms with Crippen molar-refractivity contribution in [1.82, 2.24) is 14.8 Å². The van der Waals surface area contributed by atoms with E-state index in [-0.39, 0.29) is 11.7 Å². The largest absolute Gasteiger partial charge is 0.497 e. The number of nitrogens with zero attached hydrogens (tertiary/aromatic N) is 4. The SMILES string of the molecule is COc1ccc(-c2nnc(SCC(=O)N(C)c3ccccc3)n2-c2ccc(C)cc2)cc1. The minimum absolute atomic E-state index is 0.00865. The van der Waals surface area contributed by atoms with Crippen molar-refractivity contribution in [2.45, 2.75) is 12.1 Å². The summed E-state index contributed by atoms with van der Waals surface area (Å²) in [6.45, 7) is 2.05. The van der Waals surface area contributed by atoms with Gasteiger partial charge in [0, 0.05) is 24.0 Å². The van der Waals surface area contributed by atoms with E-state index in [0.717, 1.165) is 22.7 Å². The standard InChI is InChI=1S/C25H24N4O2S/c1-18-9-13-21(14-10-18)29-24(19-11-15-22(31-3)16-12-19)26-27-25(29)32-17-23(30)28(2)20-7-5-4-6-8-20/h4-16H,17H2,1-3H3. The molecule has 0 aliphatic carbocycles. The van der Waals surface area contributed by atoms with Crippen molar-refractivity contribution in [2.75, 3.05) is 24.8 Å². The van der Waals surface area contributed by atoms with Crippen LogP contribution in [0.4, 0.5) is 5.69 Å². The summed E-state index contributed by atoms with van der Waals surface area (Å²) in [5.41, 5.74) is 3.88. The lowest BCUT2D eigenvalue weighted by Crippen LogP contribution is -2.27. The van der Waals surface area contributed by atoms with Gasteiger partial charge in [-0.1, -0.05) is 47.7 Å². The molecule has 1 aromatic heterocycles. The Hall–Kier alpha value is -3.58. The van der Waals surface area contributed by atoms with Crippen molar-refractivity contribution in [3.05, 3.63) is 84.4 Å². The summed E-state index contributed by atoms with van der Waals surface area (Å²) in [5.74, 6) is 1.73. The van der Waals surface area contributed by atoms with Crippen LogP contribution in [0.15, 0.2) is 84.0 Å². The molecule has 0 radical (unpaired) electrons. The summed E-state index contributed by atoms with van der Waals surface area (Å²) in [6.07, 6.45) is 0. The third-order valence-electron chi connectivity index (χ3n) is 5.12. The van der Waals surface area contributed by atoms with Crippen LogP contribution < -0.4 is 9.64 Å². The fourth-order valence-corrected chi connectivity index (χ4v) is 4.10. The van der Waals surface area contributed by atoms with E-state index in [1.165, 1.54) is 17.3 Å². The Labute approximate surface area is 191 Å². The summed E-state index contributed by atoms with van der Waals surface area (Å²) < 4.78 is 7.26. The lowest BCUT2D eigenvalue weighted by atomic mass is 10.2. The summed E-state index contributed by atoms with van der Waals surface area (Å²) in [5, 5.41) is 9.52. The van der Waals surface area contributed by atoms with Crippen LogP contribution >= 0.6 is 11.8 Å². The van der Waals surface area contributed by atoms with Crippen LogP contribution in [0, 0.1) is 6.92 Å². The first-order valence-corrected chi connectivity index (χ1v) is 11.2. The van der Waals surface area contributed by atoms with E-state index in [9.17, 15) is 4.79 Å². The van der Waals surface area contributed by atoms with Gasteiger partial charge in [0.05, 0.1) is 12.9 Å². The van der Waals surface area contributed by atoms with Crippen LogP contribution in [-0.4, -0.2) is 40.6 Å². The fourth-order valence-electron chi connectivity index (χ4n) is 3.24. The fraction of sp³-hybridized carbons (Fsp3) is 0.160. The van der Waals surface area contributed by atoms with Gasteiger partial charge in [-0.15, -0.1) is 10.2 Å². The van der Waals surface area contributed by atoms with Crippen LogP contribution in [0.5, 0.6) is 5.75 Å². The maximum Gasteiger partial charge on any atom is 0.237 e. The van der Waals surface area contributed by atoms with E-state index < -0.39 is 0 Å². The number of ether oxygens (including phenoxy) is 1. The zero-order chi connectivity index (χ0) is 22.5. The number of para-hydroxylation sites is 1. The monoisotopic (exact) mass is 444 g/mol. The van der Waals surface area contributed by atoms with Crippen LogP contribution in [0.2, 0.25) is 0 Å². The molecular formula is C25H24N4O2S. The van der Waals surface area contributed by atoms with E-state index in [1.807, 2.05) is 78.2 Å². The van der Waals surface area contributed by atoms with Gasteiger partial charge in [0.2, 0.25) is 5.91 Å². The molecule has 7 heteroatoms. The zero-order valence-electron chi connectivity index (χ0n) is 18.2. The van der Waals surface area contributed by atoms with Crippen molar-refractivity contribution in [3.63, 3.8) is 0 Å². The normalized spacial score (nSPS) is 10.7. The second kappa shape index (κ2) is 9.70. The lowest BCUT2D eigenvalue weighted by Gasteiger charge is -2.17. The molecule has 6 nitrogen and oxygen atoms in total. The molecule has 0 aliphatic heterocycles. The number of methoxy groups -OCH3 is 1. The van der Waals surface area contributed by atoms with Crippen LogP contribution in [0.25, 0.3) is 17.1 Å². The Morgan fingerprint density at radius 1 is 0.969 bits per heavy atom. The number of aromatic nitrogens is 3. The van der Waals surface area contributed by atoms with E-state index in [1.54, 1.807) is 19.1 Å². The van der Waals surface area contributed by atoms with Gasteiger partial charge in [-0.2, -0.15) is 0 Å². The minimum Gasteiger partial charge on any atom is -0.497 e. The highest BCUT2D eigenvalue weighted by Gasteiger charge is 2.19. The van der Waals surface area contributed by atoms with E-state index in [2.05, 4.69) is 22.3 Å². The van der Waals surface area contributed by atoms with E-state index in [0.29, 0.717) is 11.0 Å². The Kier molecular flexibility index (Phi) is 6.56. The molecule has 0 fully saturated rings. The number of aryl methyl sites for hydroxylation is 1. The Balaban J connectivity index is 1.63. The molecule has 0 bridgehead atoms. The zero-order valence-corrected chi connectivity index (χ0v) is 19.0. The number of anilines is 1. The molecule has 0 saturated carbocycles. The van der Waals surface area contributed by atoms with Gasteiger partial charge >= 0.3 is 0 Å². The van der Waals surface area contributed by atoms with Crippen LogP contribution in [-0.2, 0) is 4.79 Å². The van der Waals surface area contributed by atoms with Crippen molar-refractivity contribution in [1.29, 1.82) is 0 Å². The number of hydrogen-bond acceptors (Lipinski definition) is 5. The Bertz CT molecular complexity index is 1190. The molecule has 0 unspecified atom stereocenters. The van der Waals surface area contributed by atoms with Crippen molar-refractivity contribution in [2.24, 2.45) is 0 Å². The number of carbonyl (C=O) groups excluding carboxylic acids is 1. The first-order chi connectivity index (χ1) is 15.6. The molecule has 162 valence electrons. The summed E-state index contributed by atoms with van der Waals surface area (Å²) in [6, 6.07) is 25.5. The van der Waals surface area contributed by atoms with Crippen molar-refractivity contribution >= 4 is 23.4 Å². The second-order valence-electron chi connectivity index (χ2n) is 7.28. The highest BCUT2D eigenvalue weighted by molar-refractivity contribution is 7.99. The highest BCUT2D eigenvalue weighted by Crippen LogP contribution is 2.29. The predicted molar refractivity (Wildman–Crippen MR) is 129 cm³/mol. The number of carbonyl (C=O) groups is 1. The van der Waals surface area contributed by atoms with Crippen molar-refractivity contribution < 1.29 is 9.53 Å². The van der Waals surface area contributed by atoms with Crippen molar-refractivity contribution in [3.8, 4) is 22.8 Å². The summed E-state index contributed by atoms with van der Waals surface area (Å²) >= 11 is 1.37. The van der Waals surface area contributed by atoms with Crippen LogP contribution in [0.1, 0.15) is 5.56 Å². The van der Waals surface area contributed by atoms with Gasteiger partial charge in [-0.05, 0) is 55.5 Å². The second-order valence-corrected chi connectivity index (χ2v) is 8.23. The van der Waals surface area contributed by atoms with Gasteiger partial charge in [0.25, 0.3) is 0 Å². The molecular weight excluding hydrogens is 420 g/mol. The minimum atomic E-state index is -0.00865. The first kappa shape index (κ1) is 21.6. The number of hydrogen-bond donors (Lipinski definition) is 0. The molecule has 32 heavy (non-hydrogen) atoms. The summed E-state index contributed by atoms with van der Waals surface area (Å²) in [7, 11) is 3.42. The third-order valence-corrected chi connectivity index (χ3v) is 6.03. The molecule has 0 atom stereocenters. The number of benzene rings is 3. The first-order valence-electron chi connectivity index (χ1n) is 10.2. The van der Waals surface area contributed by atoms with Gasteiger partial charge in [-0.25, -0.2) is 0 Å². The van der Waals surface area contributed by atoms with E-state index >= 15 is 0 Å². The molecule has 0 spiro atoms. The topological polar surface area (TPSA) is 60.3 Å². The molecule has 0 N–H and O–H groups in total. The molecule has 0 aliphatic rings. The molecule has 3 aromatic carbocycles. The molecule has 1 heterocycles. The molecule has 4 rings (SSSR count). The average Bonchev–Trinajstić information content (AvgIpc) is 3.27. The number of amides is 1. The van der Waals surface area contributed by atoms with Crippen LogP contribution in [0.3, 0.4) is 0 Å². The quantitative estimate of drug-likeness (QED) is 0.375. The van der Waals surface area contributed by atoms with E-state index in [4.69, 9.17) is 4.74 Å². The summed E-state index contributed by atoms with van der Waals surface area (Å²) in [4.78, 5) is 14.4. The Morgan fingerprint density at radius 3 is 2.31 bits per heavy atom. The molecule has 0 saturated heterocycles. The molecule has 4 aromatic rings. The maximum atomic E-state index is 12.8. The van der Waals surface area contributed by atoms with Gasteiger partial charge < -0.3 is 9.64 Å². The average molecular weight is 445 g/mol. The Morgan fingerprint density at radius 2 is 1.66 bits per heavy atom. The smallest absolute Gasteiger partial charge is 0.237 e. The third kappa shape index (κ3) is 4.68. The lowest BCUT2D eigenvalue weighted by molar-refractivity contribution is -0.115. The maximum absolute atomic E-state index is 12.8. The number of thioether (sulfide) groups is 1.